The Bertz CT molecular complexity index is 1210. The number of aromatic nitrogens is 1. The normalized spacial score (nSPS) is 10.7. The molecule has 0 spiro atoms. The van der Waals surface area contributed by atoms with Gasteiger partial charge in [-0.05, 0) is 24.3 Å². The minimum Gasteiger partial charge on any atom is -0.506 e. The number of hydrogen-bond donors (Lipinski definition) is 3. The number of carboxylic acid groups (broad SMARTS) is 1. The van der Waals surface area contributed by atoms with Gasteiger partial charge < -0.3 is 24.8 Å². The maximum Gasteiger partial charge on any atom is 0.322 e. The standard InChI is InChI=1S/C19H14ClFN2O6/c1-23-13-7-10(29-14-6-9(21)2-5-12(14)20)3-4-11(13)17(26)16(19(23)28)18(27)22-8-15(24)25/h2-7,26H,8H2,1H3,(H,22,27)(H,24,25). The Kier molecular flexibility index (Phi) is 5.42. The van der Waals surface area contributed by atoms with E-state index in [2.05, 4.69) is 0 Å². The highest BCUT2D eigenvalue weighted by Gasteiger charge is 2.22. The van der Waals surface area contributed by atoms with Crippen LogP contribution in [0.1, 0.15) is 10.4 Å². The first kappa shape index (κ1) is 20.2. The largest absolute Gasteiger partial charge is 0.506 e. The number of pyridine rings is 1. The summed E-state index contributed by atoms with van der Waals surface area (Å²) >= 11 is 5.98. The summed E-state index contributed by atoms with van der Waals surface area (Å²) in [6.07, 6.45) is 0. The molecule has 0 saturated heterocycles. The molecule has 0 aliphatic carbocycles. The lowest BCUT2D eigenvalue weighted by Gasteiger charge is -2.13. The highest BCUT2D eigenvalue weighted by molar-refractivity contribution is 6.32. The first-order valence-corrected chi connectivity index (χ1v) is 8.55. The van der Waals surface area contributed by atoms with Crippen LogP contribution in [-0.2, 0) is 11.8 Å². The second-order valence-corrected chi connectivity index (χ2v) is 6.43. The first-order chi connectivity index (χ1) is 13.7. The van der Waals surface area contributed by atoms with E-state index >= 15 is 0 Å². The van der Waals surface area contributed by atoms with Crippen LogP contribution in [0.3, 0.4) is 0 Å². The molecule has 8 nitrogen and oxygen atoms in total. The molecule has 10 heteroatoms. The van der Waals surface area contributed by atoms with Crippen LogP contribution < -0.4 is 15.6 Å². The summed E-state index contributed by atoms with van der Waals surface area (Å²) in [7, 11) is 1.37. The Morgan fingerprint density at radius 2 is 1.97 bits per heavy atom. The SMILES string of the molecule is Cn1c(=O)c(C(=O)NCC(=O)O)c(O)c2ccc(Oc3cc(F)ccc3Cl)cc21. The number of fused-ring (bicyclic) bond motifs is 1. The van der Waals surface area contributed by atoms with Crippen LogP contribution in [0.15, 0.2) is 41.2 Å². The van der Waals surface area contributed by atoms with E-state index in [1.807, 2.05) is 5.32 Å². The number of carbonyl (C=O) groups excluding carboxylic acids is 1. The molecule has 150 valence electrons. The van der Waals surface area contributed by atoms with Crippen molar-refractivity contribution in [3.05, 3.63) is 63.2 Å². The lowest BCUT2D eigenvalue weighted by Crippen LogP contribution is -2.35. The van der Waals surface area contributed by atoms with Gasteiger partial charge in [0, 0.05) is 24.6 Å². The average molecular weight is 421 g/mol. The van der Waals surface area contributed by atoms with Crippen LogP contribution in [0.25, 0.3) is 10.9 Å². The van der Waals surface area contributed by atoms with Gasteiger partial charge in [-0.3, -0.25) is 14.4 Å². The van der Waals surface area contributed by atoms with Gasteiger partial charge in [-0.2, -0.15) is 0 Å². The van der Waals surface area contributed by atoms with Crippen LogP contribution in [0.5, 0.6) is 17.2 Å². The molecule has 0 radical (unpaired) electrons. The Hall–Kier alpha value is -3.59. The van der Waals surface area contributed by atoms with Crippen molar-refractivity contribution in [2.24, 2.45) is 7.05 Å². The number of rotatable bonds is 5. The molecule has 0 fully saturated rings. The van der Waals surface area contributed by atoms with Crippen molar-refractivity contribution in [3.8, 4) is 17.2 Å². The van der Waals surface area contributed by atoms with E-state index in [0.717, 1.165) is 10.6 Å². The number of aryl methyl sites for hydroxylation is 1. The zero-order valence-electron chi connectivity index (χ0n) is 14.9. The highest BCUT2D eigenvalue weighted by Crippen LogP contribution is 2.33. The maximum atomic E-state index is 13.4. The average Bonchev–Trinajstić information content (AvgIpc) is 2.67. The molecule has 0 saturated carbocycles. The van der Waals surface area contributed by atoms with Gasteiger partial charge in [-0.1, -0.05) is 11.6 Å². The van der Waals surface area contributed by atoms with Gasteiger partial charge in [0.05, 0.1) is 10.5 Å². The topological polar surface area (TPSA) is 118 Å². The van der Waals surface area contributed by atoms with Crippen molar-refractivity contribution in [2.45, 2.75) is 0 Å². The van der Waals surface area contributed by atoms with Crippen LogP contribution >= 0.6 is 11.6 Å². The number of carboxylic acids is 1. The van der Waals surface area contributed by atoms with Crippen LogP contribution in [0, 0.1) is 5.82 Å². The van der Waals surface area contributed by atoms with Crippen molar-refractivity contribution >= 4 is 34.4 Å². The van der Waals surface area contributed by atoms with Crippen molar-refractivity contribution < 1.29 is 28.9 Å². The fourth-order valence-electron chi connectivity index (χ4n) is 2.70. The fourth-order valence-corrected chi connectivity index (χ4v) is 2.85. The Morgan fingerprint density at radius 3 is 2.66 bits per heavy atom. The van der Waals surface area contributed by atoms with E-state index in [9.17, 15) is 23.9 Å². The van der Waals surface area contributed by atoms with Gasteiger partial charge in [0.25, 0.3) is 11.5 Å². The van der Waals surface area contributed by atoms with E-state index < -0.39 is 41.1 Å². The summed E-state index contributed by atoms with van der Waals surface area (Å²) in [5, 5.41) is 21.4. The molecular weight excluding hydrogens is 407 g/mol. The molecule has 29 heavy (non-hydrogen) atoms. The Balaban J connectivity index is 2.06. The predicted molar refractivity (Wildman–Crippen MR) is 102 cm³/mol. The molecule has 0 aliphatic rings. The van der Waals surface area contributed by atoms with Gasteiger partial charge in [0.1, 0.15) is 35.2 Å². The molecule has 1 heterocycles. The third kappa shape index (κ3) is 3.99. The highest BCUT2D eigenvalue weighted by atomic mass is 35.5. The van der Waals surface area contributed by atoms with E-state index in [0.29, 0.717) is 0 Å². The predicted octanol–water partition coefficient (Wildman–Crippen LogP) is 2.64. The zero-order valence-corrected chi connectivity index (χ0v) is 15.7. The minimum atomic E-state index is -1.30. The second kappa shape index (κ2) is 7.80. The lowest BCUT2D eigenvalue weighted by atomic mass is 10.1. The number of hydrogen-bond acceptors (Lipinski definition) is 5. The molecule has 0 bridgehead atoms. The number of halogens is 2. The van der Waals surface area contributed by atoms with E-state index in [4.69, 9.17) is 21.4 Å². The molecule has 3 N–H and O–H groups in total. The smallest absolute Gasteiger partial charge is 0.322 e. The van der Waals surface area contributed by atoms with Crippen molar-refractivity contribution in [1.29, 1.82) is 0 Å². The van der Waals surface area contributed by atoms with Gasteiger partial charge in [0.15, 0.2) is 0 Å². The summed E-state index contributed by atoms with van der Waals surface area (Å²) in [6, 6.07) is 7.86. The maximum absolute atomic E-state index is 13.4. The minimum absolute atomic E-state index is 0.0601. The molecule has 0 atom stereocenters. The number of nitrogens with one attached hydrogen (secondary N) is 1. The van der Waals surface area contributed by atoms with Gasteiger partial charge >= 0.3 is 5.97 Å². The summed E-state index contributed by atoms with van der Waals surface area (Å²) < 4.78 is 20.1. The Labute approximate surface area is 167 Å². The summed E-state index contributed by atoms with van der Waals surface area (Å²) in [5.74, 6) is -3.19. The van der Waals surface area contributed by atoms with Crippen LogP contribution in [0.4, 0.5) is 4.39 Å². The molecule has 2 aromatic carbocycles. The number of aromatic hydroxyl groups is 1. The van der Waals surface area contributed by atoms with E-state index in [1.54, 1.807) is 0 Å². The third-order valence-corrected chi connectivity index (χ3v) is 4.40. The van der Waals surface area contributed by atoms with E-state index in [1.165, 1.54) is 37.4 Å². The number of nitrogens with zero attached hydrogens (tertiary/aromatic N) is 1. The lowest BCUT2D eigenvalue weighted by molar-refractivity contribution is -0.135. The zero-order chi connectivity index (χ0) is 21.3. The van der Waals surface area contributed by atoms with Crippen LogP contribution in [-0.4, -0.2) is 33.2 Å². The molecular formula is C19H14ClFN2O6. The van der Waals surface area contributed by atoms with E-state index in [-0.39, 0.29) is 27.4 Å². The first-order valence-electron chi connectivity index (χ1n) is 8.17. The number of amides is 1. The van der Waals surface area contributed by atoms with Crippen molar-refractivity contribution in [1.82, 2.24) is 9.88 Å². The van der Waals surface area contributed by atoms with Gasteiger partial charge in [-0.15, -0.1) is 0 Å². The van der Waals surface area contributed by atoms with Gasteiger partial charge in [-0.25, -0.2) is 4.39 Å². The summed E-state index contributed by atoms with van der Waals surface area (Å²) in [4.78, 5) is 35.3. The molecule has 1 amide bonds. The Morgan fingerprint density at radius 1 is 1.24 bits per heavy atom. The second-order valence-electron chi connectivity index (χ2n) is 6.02. The fraction of sp³-hybridized carbons (Fsp3) is 0.105. The molecule has 3 aromatic rings. The quantitative estimate of drug-likeness (QED) is 0.584. The summed E-state index contributed by atoms with van der Waals surface area (Å²) in [6.45, 7) is -0.708. The number of carbonyl (C=O) groups is 2. The molecule has 0 aliphatic heterocycles. The van der Waals surface area contributed by atoms with Crippen molar-refractivity contribution in [3.63, 3.8) is 0 Å². The molecule has 3 rings (SSSR count). The number of ether oxygens (including phenoxy) is 1. The van der Waals surface area contributed by atoms with Crippen molar-refractivity contribution in [2.75, 3.05) is 6.54 Å². The summed E-state index contributed by atoms with van der Waals surface area (Å²) in [5.41, 5.74) is -1.19. The number of benzene rings is 2. The third-order valence-electron chi connectivity index (χ3n) is 4.09. The number of aliphatic carboxylic acids is 1. The van der Waals surface area contributed by atoms with Gasteiger partial charge in [0.2, 0.25) is 0 Å². The van der Waals surface area contributed by atoms with Crippen LogP contribution in [0.2, 0.25) is 5.02 Å². The molecule has 1 aromatic heterocycles. The molecule has 0 unspecified atom stereocenters. The monoisotopic (exact) mass is 420 g/mol.